The average molecular weight is 477 g/mol. The Morgan fingerprint density at radius 1 is 1.09 bits per heavy atom. The van der Waals surface area contributed by atoms with Crippen LogP contribution in [0.15, 0.2) is 76.7 Å². The van der Waals surface area contributed by atoms with Crippen molar-refractivity contribution in [3.05, 3.63) is 97.9 Å². The summed E-state index contributed by atoms with van der Waals surface area (Å²) in [5.41, 5.74) is 2.96. The molecule has 33 heavy (non-hydrogen) atoms. The molecule has 0 saturated carbocycles. The third-order valence-corrected chi connectivity index (χ3v) is 7.92. The first-order valence-corrected chi connectivity index (χ1v) is 12.1. The Balaban J connectivity index is 1.64. The Morgan fingerprint density at radius 3 is 2.67 bits per heavy atom. The molecule has 8 heteroatoms. The number of thiazole rings is 1. The summed E-state index contributed by atoms with van der Waals surface area (Å²) in [6, 6.07) is 16.5. The van der Waals surface area contributed by atoms with E-state index in [1.165, 1.54) is 17.4 Å². The van der Waals surface area contributed by atoms with Crippen LogP contribution in [0.2, 0.25) is 0 Å². The number of hydrogen-bond acceptors (Lipinski definition) is 6. The molecular weight excluding hydrogens is 455 g/mol. The molecule has 0 saturated heterocycles. The Kier molecular flexibility index (Phi) is 5.78. The van der Waals surface area contributed by atoms with Gasteiger partial charge in [0.05, 0.1) is 27.9 Å². The molecule has 1 aliphatic heterocycles. The molecular formula is C25H21FN4OS2. The van der Waals surface area contributed by atoms with Crippen LogP contribution in [0.25, 0.3) is 11.1 Å². The van der Waals surface area contributed by atoms with Gasteiger partial charge in [0, 0.05) is 30.2 Å². The molecule has 0 amide bonds. The van der Waals surface area contributed by atoms with Crippen LogP contribution in [0.4, 0.5) is 21.5 Å². The number of nitrogens with one attached hydrogen (secondary N) is 1. The van der Waals surface area contributed by atoms with Crippen LogP contribution in [-0.2, 0) is 6.54 Å². The van der Waals surface area contributed by atoms with Crippen LogP contribution in [0.1, 0.15) is 12.5 Å². The number of hydrogen-bond donors (Lipinski definition) is 1. The van der Waals surface area contributed by atoms with Crippen LogP contribution in [0.5, 0.6) is 0 Å². The highest BCUT2D eigenvalue weighted by atomic mass is 32.2. The number of benzene rings is 2. The number of para-hydroxylation sites is 2. The number of halogens is 1. The number of anilines is 3. The van der Waals surface area contributed by atoms with Crippen molar-refractivity contribution in [2.24, 2.45) is 0 Å². The summed E-state index contributed by atoms with van der Waals surface area (Å²) in [6.07, 6.45) is 5.30. The lowest BCUT2D eigenvalue weighted by Gasteiger charge is -2.11. The minimum absolute atomic E-state index is 0.00595. The van der Waals surface area contributed by atoms with E-state index in [4.69, 9.17) is 0 Å². The molecule has 0 radical (unpaired) electrons. The van der Waals surface area contributed by atoms with Gasteiger partial charge in [-0.3, -0.25) is 14.3 Å². The SMILES string of the molecule is CCn1c(=O)/c(=C2\Sc3ccccc3N2C)s/c1=C\c1ccncc1Nc1ccccc1F. The Labute approximate surface area is 198 Å². The number of rotatable bonds is 4. The average Bonchev–Trinajstić information content (AvgIpc) is 3.32. The van der Waals surface area contributed by atoms with Crippen LogP contribution >= 0.6 is 23.1 Å². The molecule has 2 aromatic carbocycles. The first-order valence-electron chi connectivity index (χ1n) is 10.5. The highest BCUT2D eigenvalue weighted by Gasteiger charge is 2.24. The smallest absolute Gasteiger partial charge is 0.271 e. The second kappa shape index (κ2) is 8.88. The number of pyridine rings is 1. The number of aromatic nitrogens is 2. The van der Waals surface area contributed by atoms with E-state index in [1.54, 1.807) is 46.9 Å². The summed E-state index contributed by atoms with van der Waals surface area (Å²) < 4.78 is 17.5. The summed E-state index contributed by atoms with van der Waals surface area (Å²) in [6.45, 7) is 2.52. The summed E-state index contributed by atoms with van der Waals surface area (Å²) in [5, 5.41) is 4.06. The quantitative estimate of drug-likeness (QED) is 0.475. The Morgan fingerprint density at radius 2 is 1.88 bits per heavy atom. The predicted octanol–water partition coefficient (Wildman–Crippen LogP) is 4.34. The van der Waals surface area contributed by atoms with Gasteiger partial charge in [-0.05, 0) is 43.3 Å². The fourth-order valence-electron chi connectivity index (χ4n) is 3.75. The fourth-order valence-corrected chi connectivity index (χ4v) is 6.21. The molecule has 2 aromatic heterocycles. The molecule has 4 aromatic rings. The maximum absolute atomic E-state index is 14.2. The van der Waals surface area contributed by atoms with Gasteiger partial charge in [-0.2, -0.15) is 0 Å². The molecule has 0 bridgehead atoms. The topological polar surface area (TPSA) is 50.2 Å². The van der Waals surface area contributed by atoms with Crippen molar-refractivity contribution in [3.8, 4) is 0 Å². The Bertz CT molecular complexity index is 1530. The van der Waals surface area contributed by atoms with Crippen molar-refractivity contribution < 1.29 is 4.39 Å². The summed E-state index contributed by atoms with van der Waals surface area (Å²) in [5.74, 6) is -0.339. The molecule has 0 spiro atoms. The predicted molar refractivity (Wildman–Crippen MR) is 135 cm³/mol. The van der Waals surface area contributed by atoms with Crippen molar-refractivity contribution in [1.82, 2.24) is 9.55 Å². The lowest BCUT2D eigenvalue weighted by Crippen LogP contribution is -2.33. The van der Waals surface area contributed by atoms with Crippen LogP contribution in [-0.4, -0.2) is 16.6 Å². The van der Waals surface area contributed by atoms with E-state index >= 15 is 0 Å². The van der Waals surface area contributed by atoms with Crippen molar-refractivity contribution >= 4 is 51.3 Å². The maximum Gasteiger partial charge on any atom is 0.271 e. The van der Waals surface area contributed by atoms with Crippen molar-refractivity contribution in [2.45, 2.75) is 18.4 Å². The summed E-state index contributed by atoms with van der Waals surface area (Å²) in [4.78, 5) is 20.7. The van der Waals surface area contributed by atoms with E-state index < -0.39 is 0 Å². The van der Waals surface area contributed by atoms with E-state index in [0.717, 1.165) is 25.8 Å². The van der Waals surface area contributed by atoms with Gasteiger partial charge in [-0.25, -0.2) is 4.39 Å². The molecule has 5 nitrogen and oxygen atoms in total. The van der Waals surface area contributed by atoms with Gasteiger partial charge in [-0.1, -0.05) is 36.0 Å². The van der Waals surface area contributed by atoms with Crippen LogP contribution in [0, 0.1) is 5.82 Å². The largest absolute Gasteiger partial charge is 0.351 e. The molecule has 0 unspecified atom stereocenters. The Hall–Kier alpha value is -3.36. The van der Waals surface area contributed by atoms with E-state index in [9.17, 15) is 9.18 Å². The van der Waals surface area contributed by atoms with Crippen LogP contribution < -0.4 is 25.0 Å². The fraction of sp³-hybridized carbons (Fsp3) is 0.120. The molecule has 0 aliphatic carbocycles. The summed E-state index contributed by atoms with van der Waals surface area (Å²) in [7, 11) is 1.99. The van der Waals surface area contributed by atoms with E-state index in [2.05, 4.69) is 27.3 Å². The van der Waals surface area contributed by atoms with E-state index in [1.807, 2.05) is 38.2 Å². The molecule has 0 atom stereocenters. The molecule has 5 rings (SSSR count). The molecule has 1 aliphatic rings. The van der Waals surface area contributed by atoms with Crippen LogP contribution in [0.3, 0.4) is 0 Å². The number of thioether (sulfide) groups is 1. The van der Waals surface area contributed by atoms with Gasteiger partial charge < -0.3 is 10.2 Å². The second-order valence-electron chi connectivity index (χ2n) is 7.46. The maximum atomic E-state index is 14.2. The highest BCUT2D eigenvalue weighted by molar-refractivity contribution is 8.08. The van der Waals surface area contributed by atoms with Gasteiger partial charge in [-0.15, -0.1) is 11.3 Å². The number of nitrogens with zero attached hydrogens (tertiary/aromatic N) is 3. The number of fused-ring (bicyclic) bond motifs is 1. The van der Waals surface area contributed by atoms with E-state index in [0.29, 0.717) is 22.5 Å². The minimum atomic E-state index is -0.339. The lowest BCUT2D eigenvalue weighted by molar-refractivity contribution is 0.632. The monoisotopic (exact) mass is 476 g/mol. The molecule has 3 heterocycles. The molecule has 166 valence electrons. The first-order chi connectivity index (χ1) is 16.1. The molecule has 0 fully saturated rings. The highest BCUT2D eigenvalue weighted by Crippen LogP contribution is 2.44. The van der Waals surface area contributed by atoms with Crippen molar-refractivity contribution in [2.75, 3.05) is 17.3 Å². The van der Waals surface area contributed by atoms with Crippen molar-refractivity contribution in [3.63, 3.8) is 0 Å². The third kappa shape index (κ3) is 3.96. The first kappa shape index (κ1) is 21.5. The molecule has 1 N–H and O–H groups in total. The summed E-state index contributed by atoms with van der Waals surface area (Å²) >= 11 is 3.09. The van der Waals surface area contributed by atoms with Gasteiger partial charge in [0.25, 0.3) is 5.56 Å². The normalized spacial score (nSPS) is 15.1. The lowest BCUT2D eigenvalue weighted by atomic mass is 10.2. The standard InChI is InChI=1S/C25H21FN4OS2/c1-3-30-22(14-16-12-13-27-15-19(16)28-18-9-5-4-8-17(18)26)33-23(24(30)31)25-29(2)20-10-6-7-11-21(20)32-25/h4-15,28H,3H2,1-2H3/b22-14-,25-23+. The second-order valence-corrected chi connectivity index (χ2v) is 9.53. The zero-order chi connectivity index (χ0) is 22.9. The zero-order valence-corrected chi connectivity index (χ0v) is 19.7. The zero-order valence-electron chi connectivity index (χ0n) is 18.1. The van der Waals surface area contributed by atoms with Gasteiger partial charge in [0.1, 0.15) is 15.4 Å². The van der Waals surface area contributed by atoms with Gasteiger partial charge >= 0.3 is 0 Å². The minimum Gasteiger partial charge on any atom is -0.351 e. The van der Waals surface area contributed by atoms with E-state index in [-0.39, 0.29) is 11.4 Å². The van der Waals surface area contributed by atoms with Crippen molar-refractivity contribution in [1.29, 1.82) is 0 Å². The van der Waals surface area contributed by atoms with Gasteiger partial charge in [0.2, 0.25) is 0 Å². The third-order valence-electron chi connectivity index (χ3n) is 5.44. The van der Waals surface area contributed by atoms with Gasteiger partial charge in [0.15, 0.2) is 0 Å².